The van der Waals surface area contributed by atoms with Gasteiger partial charge in [0.05, 0.1) is 11.5 Å². The summed E-state index contributed by atoms with van der Waals surface area (Å²) in [6.07, 6.45) is -4.77. The number of carboxylic acid groups (broad SMARTS) is 1. The van der Waals surface area contributed by atoms with Crippen LogP contribution in [0.3, 0.4) is 0 Å². The molecule has 0 fully saturated rings. The molecule has 1 aromatic rings. The van der Waals surface area contributed by atoms with E-state index < -0.39 is 40.9 Å². The summed E-state index contributed by atoms with van der Waals surface area (Å²) in [7, 11) is 1.24. The van der Waals surface area contributed by atoms with Gasteiger partial charge in [-0.25, -0.2) is 4.39 Å². The number of hydrogen-bond donors (Lipinski definition) is 1. The highest BCUT2D eigenvalue weighted by atomic mass is 19.4. The first-order chi connectivity index (χ1) is 9.52. The Kier molecular flexibility index (Phi) is 4.93. The van der Waals surface area contributed by atoms with Crippen LogP contribution in [0.25, 0.3) is 0 Å². The second-order valence-corrected chi connectivity index (χ2v) is 4.65. The molecule has 21 heavy (non-hydrogen) atoms. The minimum Gasteiger partial charge on any atom is -0.481 e. The van der Waals surface area contributed by atoms with Crippen molar-refractivity contribution in [3.63, 3.8) is 0 Å². The summed E-state index contributed by atoms with van der Waals surface area (Å²) in [5.74, 6) is -4.11. The Morgan fingerprint density at radius 1 is 1.29 bits per heavy atom. The van der Waals surface area contributed by atoms with Crippen molar-refractivity contribution >= 4 is 11.9 Å². The summed E-state index contributed by atoms with van der Waals surface area (Å²) in [5, 5.41) is 8.73. The maximum atomic E-state index is 13.2. The van der Waals surface area contributed by atoms with Crippen LogP contribution >= 0.6 is 0 Å². The van der Waals surface area contributed by atoms with Gasteiger partial charge >= 0.3 is 12.1 Å². The van der Waals surface area contributed by atoms with Gasteiger partial charge in [-0.15, -0.1) is 0 Å². The van der Waals surface area contributed by atoms with Crippen molar-refractivity contribution in [1.82, 2.24) is 4.90 Å². The normalized spacial score (nSPS) is 12.9. The number of amides is 1. The number of hydrogen-bond acceptors (Lipinski definition) is 2. The highest BCUT2D eigenvalue weighted by molar-refractivity contribution is 5.94. The Hall–Kier alpha value is -2.12. The molecule has 0 aliphatic rings. The second-order valence-electron chi connectivity index (χ2n) is 4.65. The fourth-order valence-electron chi connectivity index (χ4n) is 1.67. The van der Waals surface area contributed by atoms with Crippen LogP contribution in [-0.4, -0.2) is 35.5 Å². The lowest BCUT2D eigenvalue weighted by molar-refractivity contribution is -0.141. The van der Waals surface area contributed by atoms with E-state index in [0.717, 1.165) is 4.90 Å². The number of carboxylic acids is 1. The molecular weight excluding hydrogens is 294 g/mol. The predicted octanol–water partition coefficient (Wildman–Crippen LogP) is 2.64. The number of alkyl halides is 3. The van der Waals surface area contributed by atoms with Crippen molar-refractivity contribution in [2.24, 2.45) is 5.92 Å². The van der Waals surface area contributed by atoms with Gasteiger partial charge in [-0.3, -0.25) is 9.59 Å². The molecular formula is C13H13F4NO3. The molecule has 8 heteroatoms. The Morgan fingerprint density at radius 2 is 1.86 bits per heavy atom. The van der Waals surface area contributed by atoms with Crippen LogP contribution in [0.15, 0.2) is 18.2 Å². The van der Waals surface area contributed by atoms with Crippen molar-refractivity contribution in [3.05, 3.63) is 35.1 Å². The molecule has 0 saturated heterocycles. The fourth-order valence-corrected chi connectivity index (χ4v) is 1.67. The van der Waals surface area contributed by atoms with E-state index in [1.54, 1.807) is 0 Å². The Balaban J connectivity index is 3.02. The van der Waals surface area contributed by atoms with Crippen LogP contribution in [0.2, 0.25) is 0 Å². The van der Waals surface area contributed by atoms with Gasteiger partial charge in [0.1, 0.15) is 5.82 Å². The van der Waals surface area contributed by atoms with E-state index in [4.69, 9.17) is 5.11 Å². The topological polar surface area (TPSA) is 57.6 Å². The molecule has 0 radical (unpaired) electrons. The number of aliphatic carboxylic acids is 1. The van der Waals surface area contributed by atoms with Crippen LogP contribution in [0.1, 0.15) is 22.8 Å². The summed E-state index contributed by atoms with van der Waals surface area (Å²) in [4.78, 5) is 23.6. The maximum absolute atomic E-state index is 13.2. The molecule has 116 valence electrons. The van der Waals surface area contributed by atoms with E-state index in [9.17, 15) is 27.2 Å². The van der Waals surface area contributed by atoms with Crippen molar-refractivity contribution in [2.45, 2.75) is 13.1 Å². The second kappa shape index (κ2) is 6.11. The van der Waals surface area contributed by atoms with Crippen LogP contribution in [0.5, 0.6) is 0 Å². The first kappa shape index (κ1) is 16.9. The first-order valence-electron chi connectivity index (χ1n) is 5.88. The van der Waals surface area contributed by atoms with Gasteiger partial charge in [0.2, 0.25) is 0 Å². The molecule has 0 saturated carbocycles. The quantitative estimate of drug-likeness (QED) is 0.870. The number of rotatable bonds is 4. The van der Waals surface area contributed by atoms with Crippen molar-refractivity contribution in [2.75, 3.05) is 13.6 Å². The molecule has 1 rings (SSSR count). The van der Waals surface area contributed by atoms with Crippen LogP contribution < -0.4 is 0 Å². The molecule has 1 aromatic carbocycles. The molecule has 0 spiro atoms. The molecule has 1 N–H and O–H groups in total. The lowest BCUT2D eigenvalue weighted by Gasteiger charge is -2.20. The summed E-state index contributed by atoms with van der Waals surface area (Å²) >= 11 is 0. The third-order valence-corrected chi connectivity index (χ3v) is 2.79. The van der Waals surface area contributed by atoms with Gasteiger partial charge in [0, 0.05) is 19.2 Å². The van der Waals surface area contributed by atoms with Gasteiger partial charge in [0.25, 0.3) is 5.91 Å². The number of carbonyl (C=O) groups excluding carboxylic acids is 1. The van der Waals surface area contributed by atoms with Gasteiger partial charge in [-0.05, 0) is 18.2 Å². The number of nitrogens with zero attached hydrogens (tertiary/aromatic N) is 1. The van der Waals surface area contributed by atoms with E-state index in [-0.39, 0.29) is 12.6 Å². The SMILES string of the molecule is CC(CN(C)C(=O)c1cc(F)cc(C(F)(F)F)c1)C(=O)O. The van der Waals surface area contributed by atoms with Crippen molar-refractivity contribution in [3.8, 4) is 0 Å². The molecule has 1 unspecified atom stereocenters. The lowest BCUT2D eigenvalue weighted by Crippen LogP contribution is -2.33. The van der Waals surface area contributed by atoms with E-state index in [2.05, 4.69) is 0 Å². The standard InChI is InChI=1S/C13H13F4NO3/c1-7(12(20)21)6-18(2)11(19)8-3-9(13(15,16)17)5-10(14)4-8/h3-5,7H,6H2,1-2H3,(H,20,21). The minimum atomic E-state index is -4.77. The zero-order valence-electron chi connectivity index (χ0n) is 11.2. The molecule has 1 atom stereocenters. The largest absolute Gasteiger partial charge is 0.481 e. The highest BCUT2D eigenvalue weighted by Crippen LogP contribution is 2.30. The summed E-state index contributed by atoms with van der Waals surface area (Å²) in [6.45, 7) is 1.14. The van der Waals surface area contributed by atoms with Gasteiger partial charge in [0.15, 0.2) is 0 Å². The maximum Gasteiger partial charge on any atom is 0.416 e. The molecule has 1 amide bonds. The van der Waals surface area contributed by atoms with Crippen LogP contribution in [0.4, 0.5) is 17.6 Å². The Morgan fingerprint density at radius 3 is 2.33 bits per heavy atom. The van der Waals surface area contributed by atoms with Crippen molar-refractivity contribution < 1.29 is 32.3 Å². The highest BCUT2D eigenvalue weighted by Gasteiger charge is 2.32. The minimum absolute atomic E-state index is 0.202. The number of halogens is 4. The number of carbonyl (C=O) groups is 2. The molecule has 0 aliphatic heterocycles. The first-order valence-corrected chi connectivity index (χ1v) is 5.88. The molecule has 0 bridgehead atoms. The van der Waals surface area contributed by atoms with E-state index in [0.29, 0.717) is 12.1 Å². The van der Waals surface area contributed by atoms with Gasteiger partial charge < -0.3 is 10.0 Å². The van der Waals surface area contributed by atoms with Gasteiger partial charge in [-0.1, -0.05) is 6.92 Å². The van der Waals surface area contributed by atoms with E-state index in [1.807, 2.05) is 0 Å². The average molecular weight is 307 g/mol. The zero-order valence-corrected chi connectivity index (χ0v) is 11.2. The Labute approximate surface area is 118 Å². The zero-order chi connectivity index (χ0) is 16.4. The van der Waals surface area contributed by atoms with Crippen LogP contribution in [0, 0.1) is 11.7 Å². The average Bonchev–Trinajstić information content (AvgIpc) is 2.35. The van der Waals surface area contributed by atoms with Crippen molar-refractivity contribution in [1.29, 1.82) is 0 Å². The number of benzene rings is 1. The smallest absolute Gasteiger partial charge is 0.416 e. The monoisotopic (exact) mass is 307 g/mol. The molecule has 0 heterocycles. The van der Waals surface area contributed by atoms with Crippen LogP contribution in [-0.2, 0) is 11.0 Å². The van der Waals surface area contributed by atoms with E-state index >= 15 is 0 Å². The lowest BCUT2D eigenvalue weighted by atomic mass is 10.1. The predicted molar refractivity (Wildman–Crippen MR) is 65.2 cm³/mol. The Bertz CT molecular complexity index is 557. The third-order valence-electron chi connectivity index (χ3n) is 2.79. The molecule has 0 aromatic heterocycles. The summed E-state index contributed by atoms with van der Waals surface area (Å²) < 4.78 is 50.9. The third kappa shape index (κ3) is 4.44. The van der Waals surface area contributed by atoms with E-state index in [1.165, 1.54) is 14.0 Å². The van der Waals surface area contributed by atoms with Gasteiger partial charge in [-0.2, -0.15) is 13.2 Å². The summed E-state index contributed by atoms with van der Waals surface area (Å²) in [5.41, 5.74) is -1.76. The molecule has 0 aliphatic carbocycles. The fraction of sp³-hybridized carbons (Fsp3) is 0.385. The molecule has 4 nitrogen and oxygen atoms in total. The summed E-state index contributed by atoms with van der Waals surface area (Å²) in [6, 6.07) is 1.50.